The van der Waals surface area contributed by atoms with Gasteiger partial charge in [-0.1, -0.05) is 109 Å². The predicted octanol–water partition coefficient (Wildman–Crippen LogP) is 12.4. The van der Waals surface area contributed by atoms with Gasteiger partial charge in [0.05, 0.1) is 27.8 Å². The van der Waals surface area contributed by atoms with Gasteiger partial charge in [-0.2, -0.15) is 0 Å². The molecule has 0 bridgehead atoms. The molecule has 250 valence electrons. The lowest BCUT2D eigenvalue weighted by atomic mass is 9.88. The van der Waals surface area contributed by atoms with E-state index in [1.807, 2.05) is 11.3 Å². The van der Waals surface area contributed by atoms with Crippen LogP contribution in [0.25, 0.3) is 87.2 Å². The Balaban J connectivity index is 1.27. The monoisotopic (exact) mass is 697 g/mol. The van der Waals surface area contributed by atoms with Crippen LogP contribution in [0.1, 0.15) is 29.2 Å². The van der Waals surface area contributed by atoms with E-state index < -0.39 is 0 Å². The van der Waals surface area contributed by atoms with Crippen molar-refractivity contribution in [3.63, 3.8) is 0 Å². The second-order valence-corrected chi connectivity index (χ2v) is 15.4. The molecule has 0 saturated carbocycles. The third kappa shape index (κ3) is 4.23. The summed E-state index contributed by atoms with van der Waals surface area (Å²) in [6, 6.07) is 41.9. The number of aromatic nitrogens is 3. The Kier molecular flexibility index (Phi) is 6.14. The van der Waals surface area contributed by atoms with Gasteiger partial charge in [-0.3, -0.25) is 4.57 Å². The molecule has 0 amide bonds. The van der Waals surface area contributed by atoms with Gasteiger partial charge in [0, 0.05) is 53.7 Å². The van der Waals surface area contributed by atoms with Crippen molar-refractivity contribution in [3.05, 3.63) is 162 Å². The zero-order valence-electron chi connectivity index (χ0n) is 28.7. The Bertz CT molecular complexity index is 3110. The zero-order chi connectivity index (χ0) is 34.6. The number of fused-ring (bicyclic) bond motifs is 13. The third-order valence-electron chi connectivity index (χ3n) is 11.4. The molecule has 9 aromatic rings. The van der Waals surface area contributed by atoms with Gasteiger partial charge in [0.1, 0.15) is 11.9 Å². The van der Waals surface area contributed by atoms with E-state index in [1.165, 1.54) is 53.0 Å². The normalized spacial score (nSPS) is 17.2. The maximum Gasteiger partial charge on any atom is 0.235 e. The minimum atomic E-state index is -0.0556. The molecule has 2 atom stereocenters. The summed E-state index contributed by atoms with van der Waals surface area (Å²) >= 11 is 1.85. The van der Waals surface area contributed by atoms with E-state index in [1.54, 1.807) is 0 Å². The van der Waals surface area contributed by atoms with Crippen molar-refractivity contribution in [3.8, 4) is 34.1 Å². The van der Waals surface area contributed by atoms with Crippen LogP contribution in [0.15, 0.2) is 146 Å². The minimum absolute atomic E-state index is 0.0556. The molecule has 0 N–H and O–H groups in total. The molecule has 6 aromatic carbocycles. The van der Waals surface area contributed by atoms with Crippen molar-refractivity contribution >= 4 is 70.2 Å². The summed E-state index contributed by atoms with van der Waals surface area (Å²) in [5.74, 6) is 1.76. The lowest BCUT2D eigenvalue weighted by molar-refractivity contribution is 0.271. The molecular formula is C48H31N3OS. The first-order valence-corrected chi connectivity index (χ1v) is 19.2. The summed E-state index contributed by atoms with van der Waals surface area (Å²) in [5, 5.41) is 7.24. The number of hydrogen-bond donors (Lipinski definition) is 0. The first-order valence-electron chi connectivity index (χ1n) is 18.4. The standard InChI is InChI=1S/C48H31N3OS/c1-2-13-29(14-3-1)45-34-18-6-9-19-38(34)49-48(50-45)51-39-24-22-28-12-4-5-15-31(28)43(39)44-46(51)35(27-37-32-16-7-10-20-40(32)52-47(37)44)30-23-25-42-36(26-30)33-17-8-11-21-41(33)53-42/h1-5,7-17,19-27,32,40H,6,18H2. The first kappa shape index (κ1) is 29.3. The zero-order valence-corrected chi connectivity index (χ0v) is 29.5. The fourth-order valence-corrected chi connectivity index (χ4v) is 10.1. The Morgan fingerprint density at radius 2 is 1.53 bits per heavy atom. The van der Waals surface area contributed by atoms with Crippen LogP contribution in [0.5, 0.6) is 5.75 Å². The summed E-state index contributed by atoms with van der Waals surface area (Å²) in [5.41, 5.74) is 9.98. The largest absolute Gasteiger partial charge is 0.484 e. The summed E-state index contributed by atoms with van der Waals surface area (Å²) in [6.07, 6.45) is 15.0. The number of ether oxygens (including phenoxy) is 1. The molecule has 2 aliphatic carbocycles. The average Bonchev–Trinajstić information content (AvgIpc) is 3.90. The van der Waals surface area contributed by atoms with Gasteiger partial charge >= 0.3 is 0 Å². The van der Waals surface area contributed by atoms with Crippen molar-refractivity contribution in [2.75, 3.05) is 0 Å². The summed E-state index contributed by atoms with van der Waals surface area (Å²) in [6.45, 7) is 0. The summed E-state index contributed by atoms with van der Waals surface area (Å²) in [4.78, 5) is 10.9. The van der Waals surface area contributed by atoms with Gasteiger partial charge in [0.25, 0.3) is 0 Å². The molecule has 12 rings (SSSR count). The van der Waals surface area contributed by atoms with Crippen LogP contribution < -0.4 is 4.74 Å². The number of nitrogens with zero attached hydrogens (tertiary/aromatic N) is 3. The van der Waals surface area contributed by atoms with E-state index in [-0.39, 0.29) is 12.0 Å². The Hall–Kier alpha value is -6.30. The maximum absolute atomic E-state index is 7.02. The van der Waals surface area contributed by atoms with Gasteiger partial charge in [0.15, 0.2) is 0 Å². The molecule has 0 fully saturated rings. The molecule has 0 radical (unpaired) electrons. The molecule has 3 aliphatic rings. The van der Waals surface area contributed by atoms with Crippen LogP contribution in [0.2, 0.25) is 0 Å². The van der Waals surface area contributed by atoms with Crippen LogP contribution in [0, 0.1) is 0 Å². The summed E-state index contributed by atoms with van der Waals surface area (Å²) < 4.78 is 11.9. The van der Waals surface area contributed by atoms with E-state index in [0.717, 1.165) is 57.5 Å². The molecule has 0 spiro atoms. The van der Waals surface area contributed by atoms with Gasteiger partial charge in [-0.25, -0.2) is 9.97 Å². The lowest BCUT2D eigenvalue weighted by Crippen LogP contribution is -2.15. The highest BCUT2D eigenvalue weighted by molar-refractivity contribution is 7.25. The van der Waals surface area contributed by atoms with Crippen molar-refractivity contribution in [2.45, 2.75) is 24.9 Å². The van der Waals surface area contributed by atoms with E-state index >= 15 is 0 Å². The van der Waals surface area contributed by atoms with E-state index in [2.05, 4.69) is 156 Å². The SMILES string of the molecule is C1=CC2Oc3c(cc(-c4ccc5sc6ccccc6c5c4)c4c3c3c5ccccc5ccc3n4-c3nc4c(c(-c5ccccc5)n3)CCC=C4)C2C=C1. The van der Waals surface area contributed by atoms with E-state index in [4.69, 9.17) is 14.7 Å². The average molecular weight is 698 g/mol. The van der Waals surface area contributed by atoms with Crippen LogP contribution >= 0.6 is 11.3 Å². The highest BCUT2D eigenvalue weighted by atomic mass is 32.1. The number of hydrogen-bond acceptors (Lipinski definition) is 4. The van der Waals surface area contributed by atoms with Crippen LogP contribution in [0.4, 0.5) is 0 Å². The van der Waals surface area contributed by atoms with Gasteiger partial charge < -0.3 is 4.74 Å². The third-order valence-corrected chi connectivity index (χ3v) is 12.6. The molecule has 5 heteroatoms. The highest BCUT2D eigenvalue weighted by Gasteiger charge is 2.37. The smallest absolute Gasteiger partial charge is 0.235 e. The quantitative estimate of drug-likeness (QED) is 0.184. The van der Waals surface area contributed by atoms with Gasteiger partial charge in [-0.05, 0) is 71.7 Å². The van der Waals surface area contributed by atoms with Crippen molar-refractivity contribution in [2.24, 2.45) is 0 Å². The highest BCUT2D eigenvalue weighted by Crippen LogP contribution is 2.53. The molecule has 4 nitrogen and oxygen atoms in total. The fraction of sp³-hybridized carbons (Fsp3) is 0.0833. The van der Waals surface area contributed by atoms with E-state index in [9.17, 15) is 0 Å². The maximum atomic E-state index is 7.02. The van der Waals surface area contributed by atoms with Crippen LogP contribution in [0.3, 0.4) is 0 Å². The summed E-state index contributed by atoms with van der Waals surface area (Å²) in [7, 11) is 0. The molecule has 2 unspecified atom stereocenters. The topological polar surface area (TPSA) is 39.9 Å². The molecule has 53 heavy (non-hydrogen) atoms. The number of thiophene rings is 1. The molecule has 3 aromatic heterocycles. The van der Waals surface area contributed by atoms with Crippen LogP contribution in [-0.4, -0.2) is 20.6 Å². The predicted molar refractivity (Wildman–Crippen MR) is 220 cm³/mol. The molecule has 4 heterocycles. The first-order chi connectivity index (χ1) is 26.3. The van der Waals surface area contributed by atoms with E-state index in [0.29, 0.717) is 5.95 Å². The fourth-order valence-electron chi connectivity index (χ4n) is 9.01. The Labute approximate surface area is 309 Å². The van der Waals surface area contributed by atoms with Crippen molar-refractivity contribution in [1.82, 2.24) is 14.5 Å². The number of benzene rings is 6. The molecule has 1 aliphatic heterocycles. The van der Waals surface area contributed by atoms with Crippen molar-refractivity contribution in [1.29, 1.82) is 0 Å². The Morgan fingerprint density at radius 1 is 0.698 bits per heavy atom. The van der Waals surface area contributed by atoms with Crippen LogP contribution in [-0.2, 0) is 6.42 Å². The second-order valence-electron chi connectivity index (χ2n) is 14.3. The molecular weight excluding hydrogens is 667 g/mol. The van der Waals surface area contributed by atoms with Gasteiger partial charge in [0.2, 0.25) is 5.95 Å². The minimum Gasteiger partial charge on any atom is -0.484 e. The number of allylic oxidation sites excluding steroid dienone is 3. The van der Waals surface area contributed by atoms with Gasteiger partial charge in [-0.15, -0.1) is 11.3 Å². The number of rotatable bonds is 3. The Morgan fingerprint density at radius 3 is 2.47 bits per heavy atom. The second kappa shape index (κ2) is 11.1. The van der Waals surface area contributed by atoms with Crippen molar-refractivity contribution < 1.29 is 4.74 Å². The molecule has 0 saturated heterocycles. The lowest BCUT2D eigenvalue weighted by Gasteiger charge is -2.18.